The zero-order chi connectivity index (χ0) is 14.4. The molecule has 0 aromatic heterocycles. The molecule has 2 aliphatic rings. The molecule has 1 unspecified atom stereocenters. The molecule has 0 aliphatic carbocycles. The molecule has 116 valence electrons. The van der Waals surface area contributed by atoms with Gasteiger partial charge >= 0.3 is 0 Å². The Morgan fingerprint density at radius 1 is 1.45 bits per heavy atom. The van der Waals surface area contributed by atoms with Gasteiger partial charge in [-0.05, 0) is 20.3 Å². The number of hydrogen-bond donors (Lipinski definition) is 1. The van der Waals surface area contributed by atoms with Crippen molar-refractivity contribution in [2.45, 2.75) is 27.2 Å². The van der Waals surface area contributed by atoms with Crippen molar-refractivity contribution in [3.8, 4) is 0 Å². The second-order valence-electron chi connectivity index (χ2n) is 6.23. The van der Waals surface area contributed by atoms with E-state index < -0.39 is 0 Å². The quantitative estimate of drug-likeness (QED) is 0.590. The molecule has 20 heavy (non-hydrogen) atoms. The summed E-state index contributed by atoms with van der Waals surface area (Å²) in [4.78, 5) is 7.19. The Morgan fingerprint density at radius 3 is 2.85 bits per heavy atom. The topological polar surface area (TPSA) is 46.1 Å². The number of likely N-dealkylation sites (tertiary alicyclic amines) is 1. The van der Waals surface area contributed by atoms with Crippen molar-refractivity contribution in [1.82, 2.24) is 10.2 Å². The number of guanidine groups is 1. The first-order chi connectivity index (χ1) is 9.67. The fourth-order valence-electron chi connectivity index (χ4n) is 2.68. The van der Waals surface area contributed by atoms with Crippen LogP contribution in [0.2, 0.25) is 0 Å². The van der Waals surface area contributed by atoms with E-state index in [1.54, 1.807) is 0 Å². The smallest absolute Gasteiger partial charge is 0.193 e. The van der Waals surface area contributed by atoms with Crippen LogP contribution in [0.25, 0.3) is 0 Å². The summed E-state index contributed by atoms with van der Waals surface area (Å²) in [6.07, 6.45) is 1.20. The monoisotopic (exact) mass is 283 g/mol. The van der Waals surface area contributed by atoms with Crippen LogP contribution in [-0.2, 0) is 9.47 Å². The lowest BCUT2D eigenvalue weighted by Crippen LogP contribution is -2.45. The number of nitrogens with zero attached hydrogens (tertiary/aromatic N) is 2. The van der Waals surface area contributed by atoms with E-state index in [1.165, 1.54) is 6.42 Å². The molecule has 0 amide bonds. The maximum absolute atomic E-state index is 5.54. The van der Waals surface area contributed by atoms with E-state index in [9.17, 15) is 0 Å². The van der Waals surface area contributed by atoms with E-state index in [4.69, 9.17) is 14.5 Å². The predicted molar refractivity (Wildman–Crippen MR) is 81.1 cm³/mol. The third-order valence-electron chi connectivity index (χ3n) is 3.99. The number of nitrogens with one attached hydrogen (secondary N) is 1. The number of aliphatic imine (C=N–C) groups is 1. The second-order valence-corrected chi connectivity index (χ2v) is 6.23. The number of rotatable bonds is 6. The summed E-state index contributed by atoms with van der Waals surface area (Å²) in [6.45, 7) is 13.7. The molecule has 1 N–H and O–H groups in total. The lowest BCUT2D eigenvalue weighted by atomic mass is 9.89. The fraction of sp³-hybridized carbons (Fsp3) is 0.933. The number of ether oxygens (including phenoxy) is 2. The van der Waals surface area contributed by atoms with Crippen molar-refractivity contribution >= 4 is 5.96 Å². The minimum atomic E-state index is 0.241. The molecule has 2 heterocycles. The minimum Gasteiger partial charge on any atom is -0.381 e. The van der Waals surface area contributed by atoms with Crippen molar-refractivity contribution in [3.05, 3.63) is 0 Å². The van der Waals surface area contributed by atoms with Gasteiger partial charge in [0, 0.05) is 37.6 Å². The predicted octanol–water partition coefficient (Wildman–Crippen LogP) is 1.35. The van der Waals surface area contributed by atoms with Crippen LogP contribution < -0.4 is 5.32 Å². The van der Waals surface area contributed by atoms with Crippen LogP contribution in [0.3, 0.4) is 0 Å². The van der Waals surface area contributed by atoms with Gasteiger partial charge in [0.25, 0.3) is 0 Å². The maximum atomic E-state index is 5.54. The first-order valence-electron chi connectivity index (χ1n) is 7.85. The zero-order valence-corrected chi connectivity index (χ0v) is 13.2. The average molecular weight is 283 g/mol. The summed E-state index contributed by atoms with van der Waals surface area (Å²) >= 11 is 0. The summed E-state index contributed by atoms with van der Waals surface area (Å²) in [6, 6.07) is 0. The normalized spacial score (nSPS) is 25.6. The van der Waals surface area contributed by atoms with Crippen LogP contribution in [0.15, 0.2) is 4.99 Å². The summed E-state index contributed by atoms with van der Waals surface area (Å²) in [5.74, 6) is 1.70. The molecule has 0 bridgehead atoms. The van der Waals surface area contributed by atoms with E-state index in [0.717, 1.165) is 58.6 Å². The zero-order valence-electron chi connectivity index (χ0n) is 13.2. The summed E-state index contributed by atoms with van der Waals surface area (Å²) in [5, 5.41) is 3.42. The second kappa shape index (κ2) is 7.27. The van der Waals surface area contributed by atoms with Gasteiger partial charge in [0.15, 0.2) is 5.96 Å². The molecule has 2 rings (SSSR count). The van der Waals surface area contributed by atoms with Crippen LogP contribution in [0.4, 0.5) is 0 Å². The van der Waals surface area contributed by atoms with Crippen LogP contribution in [-0.4, -0.2) is 63.5 Å². The Bertz CT molecular complexity index is 329. The van der Waals surface area contributed by atoms with Crippen molar-refractivity contribution < 1.29 is 9.47 Å². The highest BCUT2D eigenvalue weighted by atomic mass is 16.5. The fourth-order valence-corrected chi connectivity index (χ4v) is 2.68. The van der Waals surface area contributed by atoms with Crippen LogP contribution in [0.5, 0.6) is 0 Å². The van der Waals surface area contributed by atoms with Gasteiger partial charge in [0.05, 0.1) is 26.4 Å². The van der Waals surface area contributed by atoms with Gasteiger partial charge in [0.2, 0.25) is 0 Å². The lowest BCUT2D eigenvalue weighted by Gasteiger charge is -2.37. The van der Waals surface area contributed by atoms with E-state index in [2.05, 4.69) is 31.0 Å². The summed E-state index contributed by atoms with van der Waals surface area (Å²) in [5.41, 5.74) is 0.241. The summed E-state index contributed by atoms with van der Waals surface area (Å²) in [7, 11) is 0. The van der Waals surface area contributed by atoms with Gasteiger partial charge in [-0.15, -0.1) is 0 Å². The molecule has 2 saturated heterocycles. The molecule has 2 fully saturated rings. The molecular weight excluding hydrogens is 254 g/mol. The molecule has 5 nitrogen and oxygen atoms in total. The summed E-state index contributed by atoms with van der Waals surface area (Å²) < 4.78 is 10.8. The highest BCUT2D eigenvalue weighted by Gasteiger charge is 2.33. The standard InChI is InChI=1S/C15H29N3O2/c1-4-16-14(17-10-15(3)11-20-12-15)18-7-6-13(8-18)9-19-5-2/h13H,4-12H2,1-3H3,(H,16,17). The third kappa shape index (κ3) is 4.09. The van der Waals surface area contributed by atoms with Gasteiger partial charge in [-0.2, -0.15) is 0 Å². The Morgan fingerprint density at radius 2 is 2.25 bits per heavy atom. The Balaban J connectivity index is 1.86. The Labute approximate surface area is 122 Å². The minimum absolute atomic E-state index is 0.241. The van der Waals surface area contributed by atoms with Gasteiger partial charge in [-0.25, -0.2) is 0 Å². The first-order valence-corrected chi connectivity index (χ1v) is 7.85. The highest BCUT2D eigenvalue weighted by Crippen LogP contribution is 2.27. The van der Waals surface area contributed by atoms with Crippen molar-refractivity contribution in [2.24, 2.45) is 16.3 Å². The van der Waals surface area contributed by atoms with E-state index in [1.807, 2.05) is 0 Å². The highest BCUT2D eigenvalue weighted by molar-refractivity contribution is 5.80. The maximum Gasteiger partial charge on any atom is 0.193 e. The Hall–Kier alpha value is -0.810. The number of hydrogen-bond acceptors (Lipinski definition) is 3. The first kappa shape index (κ1) is 15.6. The van der Waals surface area contributed by atoms with E-state index >= 15 is 0 Å². The van der Waals surface area contributed by atoms with Crippen LogP contribution in [0, 0.1) is 11.3 Å². The molecule has 0 aromatic carbocycles. The van der Waals surface area contributed by atoms with Crippen molar-refractivity contribution in [3.63, 3.8) is 0 Å². The molecule has 0 aromatic rings. The van der Waals surface area contributed by atoms with Crippen molar-refractivity contribution in [1.29, 1.82) is 0 Å². The molecule has 2 aliphatic heterocycles. The van der Waals surface area contributed by atoms with E-state index in [-0.39, 0.29) is 5.41 Å². The molecule has 0 radical (unpaired) electrons. The van der Waals surface area contributed by atoms with Crippen molar-refractivity contribution in [2.75, 3.05) is 52.6 Å². The molecule has 0 spiro atoms. The molecule has 1 atom stereocenters. The molecule has 0 saturated carbocycles. The van der Waals surface area contributed by atoms with Gasteiger partial charge in [-0.3, -0.25) is 4.99 Å². The van der Waals surface area contributed by atoms with Gasteiger partial charge in [0.1, 0.15) is 0 Å². The average Bonchev–Trinajstić information content (AvgIpc) is 2.87. The van der Waals surface area contributed by atoms with Crippen LogP contribution in [0.1, 0.15) is 27.2 Å². The van der Waals surface area contributed by atoms with E-state index in [0.29, 0.717) is 5.92 Å². The molecule has 5 heteroatoms. The SMILES string of the molecule is CCNC(=NCC1(C)COC1)N1CCC(COCC)C1. The molecular formula is C15H29N3O2. The van der Waals surface area contributed by atoms with Crippen LogP contribution >= 0.6 is 0 Å². The third-order valence-corrected chi connectivity index (χ3v) is 3.99. The largest absolute Gasteiger partial charge is 0.381 e. The Kier molecular flexibility index (Phi) is 5.66. The van der Waals surface area contributed by atoms with Gasteiger partial charge < -0.3 is 19.7 Å². The van der Waals surface area contributed by atoms with Gasteiger partial charge in [-0.1, -0.05) is 6.92 Å². The lowest BCUT2D eigenvalue weighted by molar-refractivity contribution is -0.0945.